The topological polar surface area (TPSA) is 38.5 Å². The average Bonchev–Trinajstić information content (AvgIpc) is 2.50. The number of rotatable bonds is 6. The summed E-state index contributed by atoms with van der Waals surface area (Å²) in [5.74, 6) is 0.956. The van der Waals surface area contributed by atoms with Crippen molar-refractivity contribution in [1.29, 1.82) is 0 Å². The lowest BCUT2D eigenvalue weighted by atomic mass is 10.0. The largest absolute Gasteiger partial charge is 0.496 e. The van der Waals surface area contributed by atoms with Gasteiger partial charge in [-0.3, -0.25) is 4.90 Å². The summed E-state index contributed by atoms with van der Waals surface area (Å²) in [6.45, 7) is 3.08. The zero-order chi connectivity index (χ0) is 15.2. The van der Waals surface area contributed by atoms with Gasteiger partial charge in [-0.2, -0.15) is 0 Å². The molecule has 0 saturated carbocycles. The fourth-order valence-corrected chi connectivity index (χ4v) is 2.45. The van der Waals surface area contributed by atoms with Crippen LogP contribution in [0.2, 0.25) is 0 Å². The van der Waals surface area contributed by atoms with Crippen LogP contribution < -0.4 is 10.5 Å². The molecule has 3 heteroatoms. The first-order valence-electron chi connectivity index (χ1n) is 7.27. The maximum atomic E-state index is 6.02. The Labute approximate surface area is 127 Å². The average molecular weight is 284 g/mol. The summed E-state index contributed by atoms with van der Waals surface area (Å²) in [7, 11) is 3.85. The van der Waals surface area contributed by atoms with Gasteiger partial charge in [0.05, 0.1) is 7.11 Å². The first-order chi connectivity index (χ1) is 10.1. The van der Waals surface area contributed by atoms with E-state index in [1.807, 2.05) is 30.3 Å². The van der Waals surface area contributed by atoms with Crippen LogP contribution in [0.4, 0.5) is 5.69 Å². The zero-order valence-electron chi connectivity index (χ0n) is 13.0. The highest BCUT2D eigenvalue weighted by Gasteiger charge is 2.13. The van der Waals surface area contributed by atoms with E-state index in [9.17, 15) is 0 Å². The number of benzene rings is 2. The van der Waals surface area contributed by atoms with E-state index in [1.165, 1.54) is 11.1 Å². The number of likely N-dealkylation sites (N-methyl/N-ethyl adjacent to an activating group) is 1. The lowest BCUT2D eigenvalue weighted by Gasteiger charge is -2.26. The van der Waals surface area contributed by atoms with Crippen molar-refractivity contribution in [3.8, 4) is 5.75 Å². The summed E-state index contributed by atoms with van der Waals surface area (Å²) >= 11 is 0. The lowest BCUT2D eigenvalue weighted by Crippen LogP contribution is -2.30. The van der Waals surface area contributed by atoms with Crippen LogP contribution in [0.15, 0.2) is 48.5 Å². The van der Waals surface area contributed by atoms with Crippen molar-refractivity contribution in [1.82, 2.24) is 4.90 Å². The first kappa shape index (κ1) is 15.4. The van der Waals surface area contributed by atoms with E-state index in [0.717, 1.165) is 24.4 Å². The second-order valence-electron chi connectivity index (χ2n) is 5.48. The van der Waals surface area contributed by atoms with E-state index in [0.29, 0.717) is 6.04 Å². The van der Waals surface area contributed by atoms with E-state index in [4.69, 9.17) is 10.5 Å². The molecule has 3 nitrogen and oxygen atoms in total. The molecule has 21 heavy (non-hydrogen) atoms. The van der Waals surface area contributed by atoms with Crippen molar-refractivity contribution in [3.05, 3.63) is 59.7 Å². The molecule has 0 heterocycles. The summed E-state index contributed by atoms with van der Waals surface area (Å²) in [5, 5.41) is 0. The minimum atomic E-state index is 0.404. The molecule has 0 fully saturated rings. The Morgan fingerprint density at radius 2 is 1.67 bits per heavy atom. The minimum Gasteiger partial charge on any atom is -0.496 e. The summed E-state index contributed by atoms with van der Waals surface area (Å²) in [5.41, 5.74) is 9.29. The summed E-state index contributed by atoms with van der Waals surface area (Å²) < 4.78 is 5.42. The number of nitrogens with two attached hydrogens (primary N) is 1. The zero-order valence-corrected chi connectivity index (χ0v) is 13.0. The van der Waals surface area contributed by atoms with E-state index in [2.05, 4.69) is 37.1 Å². The molecule has 2 N–H and O–H groups in total. The molecule has 0 spiro atoms. The molecule has 0 aliphatic rings. The van der Waals surface area contributed by atoms with Gasteiger partial charge in [0.15, 0.2) is 0 Å². The number of para-hydroxylation sites is 2. The third-order valence-corrected chi connectivity index (χ3v) is 3.94. The fourth-order valence-electron chi connectivity index (χ4n) is 2.45. The maximum Gasteiger partial charge on any atom is 0.122 e. The molecular weight excluding hydrogens is 260 g/mol. The Hall–Kier alpha value is -2.00. The van der Waals surface area contributed by atoms with E-state index in [-0.39, 0.29) is 0 Å². The second kappa shape index (κ2) is 7.14. The SMILES string of the molecule is COc1ccccc1CC(C)N(C)Cc1ccccc1N. The number of hydrogen-bond donors (Lipinski definition) is 1. The van der Waals surface area contributed by atoms with Crippen LogP contribution in [0.3, 0.4) is 0 Å². The lowest BCUT2D eigenvalue weighted by molar-refractivity contribution is 0.247. The Kier molecular flexibility index (Phi) is 5.23. The fraction of sp³-hybridized carbons (Fsp3) is 0.333. The maximum absolute atomic E-state index is 6.02. The number of methoxy groups -OCH3 is 1. The van der Waals surface area contributed by atoms with Gasteiger partial charge < -0.3 is 10.5 Å². The Morgan fingerprint density at radius 1 is 1.05 bits per heavy atom. The van der Waals surface area contributed by atoms with Crippen LogP contribution in [-0.4, -0.2) is 25.1 Å². The van der Waals surface area contributed by atoms with Crippen LogP contribution >= 0.6 is 0 Å². The smallest absolute Gasteiger partial charge is 0.122 e. The Morgan fingerprint density at radius 3 is 2.33 bits per heavy atom. The monoisotopic (exact) mass is 284 g/mol. The molecule has 2 aromatic rings. The molecule has 0 aliphatic heterocycles. The van der Waals surface area contributed by atoms with Crippen LogP contribution in [-0.2, 0) is 13.0 Å². The normalized spacial score (nSPS) is 12.4. The number of anilines is 1. The van der Waals surface area contributed by atoms with Gasteiger partial charge in [-0.25, -0.2) is 0 Å². The van der Waals surface area contributed by atoms with Crippen molar-refractivity contribution in [3.63, 3.8) is 0 Å². The number of ether oxygens (including phenoxy) is 1. The predicted molar refractivity (Wildman–Crippen MR) is 88.5 cm³/mol. The van der Waals surface area contributed by atoms with Crippen LogP contribution in [0.1, 0.15) is 18.1 Å². The Balaban J connectivity index is 2.03. The van der Waals surface area contributed by atoms with Gasteiger partial charge in [-0.15, -0.1) is 0 Å². The van der Waals surface area contributed by atoms with E-state index >= 15 is 0 Å². The van der Waals surface area contributed by atoms with Crippen molar-refractivity contribution < 1.29 is 4.74 Å². The van der Waals surface area contributed by atoms with E-state index in [1.54, 1.807) is 7.11 Å². The minimum absolute atomic E-state index is 0.404. The molecule has 2 aromatic carbocycles. The molecule has 112 valence electrons. The van der Waals surface area contributed by atoms with Gasteiger partial charge in [-0.1, -0.05) is 36.4 Å². The van der Waals surface area contributed by atoms with Gasteiger partial charge in [0.1, 0.15) is 5.75 Å². The van der Waals surface area contributed by atoms with Gasteiger partial charge in [0.25, 0.3) is 0 Å². The van der Waals surface area contributed by atoms with Gasteiger partial charge >= 0.3 is 0 Å². The van der Waals surface area contributed by atoms with Gasteiger partial charge in [-0.05, 0) is 43.7 Å². The number of hydrogen-bond acceptors (Lipinski definition) is 3. The summed E-state index contributed by atoms with van der Waals surface area (Å²) in [6.07, 6.45) is 0.952. The predicted octanol–water partition coefficient (Wildman–Crippen LogP) is 3.34. The molecule has 0 aromatic heterocycles. The molecule has 0 bridgehead atoms. The first-order valence-corrected chi connectivity index (χ1v) is 7.27. The molecule has 1 atom stereocenters. The second-order valence-corrected chi connectivity index (χ2v) is 5.48. The molecule has 0 saturated heterocycles. The summed E-state index contributed by atoms with van der Waals surface area (Å²) in [4.78, 5) is 2.32. The van der Waals surface area contributed by atoms with Crippen LogP contribution in [0, 0.1) is 0 Å². The number of nitrogens with zero attached hydrogens (tertiary/aromatic N) is 1. The molecule has 2 rings (SSSR count). The van der Waals surface area contributed by atoms with Crippen LogP contribution in [0.25, 0.3) is 0 Å². The summed E-state index contributed by atoms with van der Waals surface area (Å²) in [6, 6.07) is 16.6. The number of nitrogen functional groups attached to an aromatic ring is 1. The molecule has 0 aliphatic carbocycles. The highest BCUT2D eigenvalue weighted by Crippen LogP contribution is 2.21. The standard InChI is InChI=1S/C18H24N2O/c1-14(12-15-8-5-7-11-18(15)21-3)20(2)13-16-9-4-6-10-17(16)19/h4-11,14H,12-13,19H2,1-3H3. The molecule has 1 unspecified atom stereocenters. The quantitative estimate of drug-likeness (QED) is 0.827. The van der Waals surface area contributed by atoms with Crippen molar-refractivity contribution in [2.24, 2.45) is 0 Å². The van der Waals surface area contributed by atoms with E-state index < -0.39 is 0 Å². The highest BCUT2D eigenvalue weighted by atomic mass is 16.5. The van der Waals surface area contributed by atoms with Crippen molar-refractivity contribution in [2.45, 2.75) is 25.9 Å². The molecular formula is C18H24N2O. The van der Waals surface area contributed by atoms with Crippen LogP contribution in [0.5, 0.6) is 5.75 Å². The molecule has 0 radical (unpaired) electrons. The third-order valence-electron chi connectivity index (χ3n) is 3.94. The third kappa shape index (κ3) is 3.99. The van der Waals surface area contributed by atoms with Gasteiger partial charge in [0, 0.05) is 18.3 Å². The molecule has 0 amide bonds. The highest BCUT2D eigenvalue weighted by molar-refractivity contribution is 5.46. The van der Waals surface area contributed by atoms with Gasteiger partial charge in [0.2, 0.25) is 0 Å². The van der Waals surface area contributed by atoms with Crippen molar-refractivity contribution >= 4 is 5.69 Å². The Bertz CT molecular complexity index is 583. The van der Waals surface area contributed by atoms with Crippen molar-refractivity contribution in [2.75, 3.05) is 19.9 Å².